The molecule has 0 aromatic heterocycles. The first-order chi connectivity index (χ1) is 9.21. The van der Waals surface area contributed by atoms with E-state index in [1.165, 1.54) is 0 Å². The Morgan fingerprint density at radius 2 is 2.05 bits per heavy atom. The van der Waals surface area contributed by atoms with Gasteiger partial charge >= 0.3 is 0 Å². The van der Waals surface area contributed by atoms with E-state index in [0.717, 1.165) is 12.8 Å². The molecule has 1 saturated carbocycles. The van der Waals surface area contributed by atoms with Gasteiger partial charge in [-0.25, -0.2) is 0 Å². The van der Waals surface area contributed by atoms with Gasteiger partial charge in [0.15, 0.2) is 5.78 Å². The molecule has 4 heteroatoms. The number of carbonyl (C=O) groups excluding carboxylic acids is 1. The Bertz CT molecular complexity index is 451. The Labute approximate surface area is 113 Å². The predicted octanol–water partition coefficient (Wildman–Crippen LogP) is 2.70. The van der Waals surface area contributed by atoms with Gasteiger partial charge in [-0.05, 0) is 43.9 Å². The van der Waals surface area contributed by atoms with Crippen molar-refractivity contribution in [2.45, 2.75) is 25.9 Å². The molecule has 4 nitrogen and oxygen atoms in total. The maximum atomic E-state index is 12.6. The molecule has 0 heterocycles. The summed E-state index contributed by atoms with van der Waals surface area (Å²) in [6.07, 6.45) is 1.76. The first-order valence-electron chi connectivity index (χ1n) is 6.59. The van der Waals surface area contributed by atoms with Crippen molar-refractivity contribution >= 4 is 5.78 Å². The van der Waals surface area contributed by atoms with Crippen LogP contribution in [-0.2, 0) is 4.74 Å². The molecule has 2 rings (SSSR count). The van der Waals surface area contributed by atoms with Crippen molar-refractivity contribution in [1.82, 2.24) is 0 Å². The summed E-state index contributed by atoms with van der Waals surface area (Å²) in [7, 11) is 3.14. The summed E-state index contributed by atoms with van der Waals surface area (Å²) in [6.45, 7) is 2.45. The molecule has 19 heavy (non-hydrogen) atoms. The highest BCUT2D eigenvalue weighted by Gasteiger charge is 2.38. The van der Waals surface area contributed by atoms with Crippen LogP contribution >= 0.6 is 0 Å². The predicted molar refractivity (Wildman–Crippen MR) is 72.0 cm³/mol. The lowest BCUT2D eigenvalue weighted by molar-refractivity contribution is 0.0372. The molecule has 0 bridgehead atoms. The second-order valence-electron chi connectivity index (χ2n) is 4.64. The standard InChI is InChI=1S/C15H20O4/c1-4-19-15(10-5-6-10)14(16)12-9-11(17-2)7-8-13(12)18-3/h7-10,15H,4-6H2,1-3H3. The quantitative estimate of drug-likeness (QED) is 0.710. The molecule has 0 saturated heterocycles. The zero-order valence-corrected chi connectivity index (χ0v) is 11.6. The number of carbonyl (C=O) groups is 1. The lowest BCUT2D eigenvalue weighted by Gasteiger charge is -2.17. The summed E-state index contributed by atoms with van der Waals surface area (Å²) in [5.74, 6) is 1.55. The van der Waals surface area contributed by atoms with Crippen LogP contribution in [0.3, 0.4) is 0 Å². The summed E-state index contributed by atoms with van der Waals surface area (Å²) in [4.78, 5) is 12.6. The molecule has 0 aliphatic heterocycles. The number of hydrogen-bond acceptors (Lipinski definition) is 4. The molecule has 1 aromatic rings. The normalized spacial score (nSPS) is 15.9. The van der Waals surface area contributed by atoms with Crippen LogP contribution in [-0.4, -0.2) is 32.7 Å². The Balaban J connectivity index is 2.29. The molecule has 0 N–H and O–H groups in total. The largest absolute Gasteiger partial charge is 0.497 e. The minimum absolute atomic E-state index is 0.0138. The van der Waals surface area contributed by atoms with E-state index >= 15 is 0 Å². The number of hydrogen-bond donors (Lipinski definition) is 0. The number of ketones is 1. The maximum Gasteiger partial charge on any atom is 0.195 e. The lowest BCUT2D eigenvalue weighted by atomic mass is 10.0. The van der Waals surface area contributed by atoms with Crippen LogP contribution in [0.4, 0.5) is 0 Å². The van der Waals surface area contributed by atoms with E-state index in [1.54, 1.807) is 32.4 Å². The minimum atomic E-state index is -0.356. The smallest absolute Gasteiger partial charge is 0.195 e. The van der Waals surface area contributed by atoms with E-state index < -0.39 is 0 Å². The maximum absolute atomic E-state index is 12.6. The Hall–Kier alpha value is -1.55. The van der Waals surface area contributed by atoms with Crippen LogP contribution in [0.15, 0.2) is 18.2 Å². The molecule has 1 unspecified atom stereocenters. The van der Waals surface area contributed by atoms with Crippen LogP contribution in [0.1, 0.15) is 30.1 Å². The van der Waals surface area contributed by atoms with Gasteiger partial charge in [0.25, 0.3) is 0 Å². The average Bonchev–Trinajstić information content (AvgIpc) is 3.27. The average molecular weight is 264 g/mol. The third-order valence-corrected chi connectivity index (χ3v) is 3.33. The molecule has 1 fully saturated rings. The Morgan fingerprint density at radius 3 is 2.58 bits per heavy atom. The number of benzene rings is 1. The molecule has 104 valence electrons. The highest BCUT2D eigenvalue weighted by atomic mass is 16.5. The molecule has 1 aliphatic rings. The van der Waals surface area contributed by atoms with E-state index in [2.05, 4.69) is 0 Å². The minimum Gasteiger partial charge on any atom is -0.497 e. The van der Waals surface area contributed by atoms with E-state index in [0.29, 0.717) is 29.6 Å². The number of rotatable bonds is 7. The molecule has 1 aliphatic carbocycles. The van der Waals surface area contributed by atoms with Gasteiger partial charge in [0, 0.05) is 6.61 Å². The second kappa shape index (κ2) is 6.06. The van der Waals surface area contributed by atoms with Gasteiger partial charge < -0.3 is 14.2 Å². The SMILES string of the molecule is CCOC(C(=O)c1cc(OC)ccc1OC)C1CC1. The highest BCUT2D eigenvalue weighted by molar-refractivity contribution is 6.02. The number of methoxy groups -OCH3 is 2. The van der Waals surface area contributed by atoms with E-state index in [9.17, 15) is 4.79 Å². The third kappa shape index (κ3) is 3.07. The van der Waals surface area contributed by atoms with Crippen molar-refractivity contribution in [3.8, 4) is 11.5 Å². The van der Waals surface area contributed by atoms with Gasteiger partial charge in [-0.15, -0.1) is 0 Å². The van der Waals surface area contributed by atoms with Crippen molar-refractivity contribution in [3.63, 3.8) is 0 Å². The molecule has 0 radical (unpaired) electrons. The molecule has 0 amide bonds. The van der Waals surface area contributed by atoms with E-state index in [1.807, 2.05) is 6.92 Å². The van der Waals surface area contributed by atoms with Crippen molar-refractivity contribution in [3.05, 3.63) is 23.8 Å². The lowest BCUT2D eigenvalue weighted by Crippen LogP contribution is -2.27. The van der Waals surface area contributed by atoms with Crippen LogP contribution < -0.4 is 9.47 Å². The van der Waals surface area contributed by atoms with Crippen molar-refractivity contribution < 1.29 is 19.0 Å². The molecular formula is C15H20O4. The first kappa shape index (κ1) is 13.9. The summed E-state index contributed by atoms with van der Waals surface area (Å²) in [5, 5.41) is 0. The van der Waals surface area contributed by atoms with Crippen LogP contribution in [0.2, 0.25) is 0 Å². The molecule has 1 aromatic carbocycles. The van der Waals surface area contributed by atoms with Crippen molar-refractivity contribution in [2.75, 3.05) is 20.8 Å². The van der Waals surface area contributed by atoms with Crippen molar-refractivity contribution in [1.29, 1.82) is 0 Å². The third-order valence-electron chi connectivity index (χ3n) is 3.33. The second-order valence-corrected chi connectivity index (χ2v) is 4.64. The van der Waals surface area contributed by atoms with Gasteiger partial charge in [-0.3, -0.25) is 4.79 Å². The fourth-order valence-corrected chi connectivity index (χ4v) is 2.16. The summed E-state index contributed by atoms with van der Waals surface area (Å²) in [6, 6.07) is 5.25. The van der Waals surface area contributed by atoms with Gasteiger partial charge in [0.1, 0.15) is 17.6 Å². The summed E-state index contributed by atoms with van der Waals surface area (Å²) >= 11 is 0. The molecule has 1 atom stereocenters. The Kier molecular flexibility index (Phi) is 4.43. The summed E-state index contributed by atoms with van der Waals surface area (Å²) in [5.41, 5.74) is 0.534. The molecular weight excluding hydrogens is 244 g/mol. The molecule has 0 spiro atoms. The van der Waals surface area contributed by atoms with Crippen LogP contribution in [0.25, 0.3) is 0 Å². The monoisotopic (exact) mass is 264 g/mol. The highest BCUT2D eigenvalue weighted by Crippen LogP contribution is 2.37. The van der Waals surface area contributed by atoms with Gasteiger partial charge in [0.2, 0.25) is 0 Å². The zero-order valence-electron chi connectivity index (χ0n) is 11.6. The van der Waals surface area contributed by atoms with Gasteiger partial charge in [-0.1, -0.05) is 0 Å². The number of ether oxygens (including phenoxy) is 3. The van der Waals surface area contributed by atoms with Crippen molar-refractivity contribution in [2.24, 2.45) is 5.92 Å². The fraction of sp³-hybridized carbons (Fsp3) is 0.533. The topological polar surface area (TPSA) is 44.8 Å². The van der Waals surface area contributed by atoms with E-state index in [-0.39, 0.29) is 11.9 Å². The Morgan fingerprint density at radius 1 is 1.32 bits per heavy atom. The van der Waals surface area contributed by atoms with Gasteiger partial charge in [-0.2, -0.15) is 0 Å². The fourth-order valence-electron chi connectivity index (χ4n) is 2.16. The van der Waals surface area contributed by atoms with Gasteiger partial charge in [0.05, 0.1) is 19.8 Å². The number of Topliss-reactive ketones (excluding diaryl/α,β-unsaturated/α-hetero) is 1. The van der Waals surface area contributed by atoms with Crippen LogP contribution in [0, 0.1) is 5.92 Å². The van der Waals surface area contributed by atoms with E-state index in [4.69, 9.17) is 14.2 Å². The van der Waals surface area contributed by atoms with Crippen LogP contribution in [0.5, 0.6) is 11.5 Å². The zero-order chi connectivity index (χ0) is 13.8. The first-order valence-corrected chi connectivity index (χ1v) is 6.59. The summed E-state index contributed by atoms with van der Waals surface area (Å²) < 4.78 is 16.0.